The van der Waals surface area contributed by atoms with E-state index in [1.165, 1.54) is 0 Å². The summed E-state index contributed by atoms with van der Waals surface area (Å²) in [5, 5.41) is 0. The normalized spacial score (nSPS) is 19.4. The molecule has 0 saturated carbocycles. The number of hydrogen-bond acceptors (Lipinski definition) is 1. The molecule has 0 N–H and O–H groups in total. The Morgan fingerprint density at radius 1 is 1.29 bits per heavy atom. The van der Waals surface area contributed by atoms with Crippen molar-refractivity contribution >= 4 is 6.21 Å². The summed E-state index contributed by atoms with van der Waals surface area (Å²) >= 11 is 0. The van der Waals surface area contributed by atoms with E-state index >= 15 is 0 Å². The number of hydrogen-bond donors (Lipinski definition) is 0. The van der Waals surface area contributed by atoms with Crippen molar-refractivity contribution in [3.63, 3.8) is 0 Å². The summed E-state index contributed by atoms with van der Waals surface area (Å²) in [4.78, 5) is 3.93. The number of nitrogens with zero attached hydrogens (tertiary/aromatic N) is 1. The van der Waals surface area contributed by atoms with Crippen LogP contribution in [-0.4, -0.2) is 6.21 Å². The molecule has 0 unspecified atom stereocenters. The number of allylic oxidation sites excluding steroid dienone is 1. The highest BCUT2D eigenvalue weighted by molar-refractivity contribution is 5.60. The minimum absolute atomic E-state index is 1.02. The maximum atomic E-state index is 3.93. The van der Waals surface area contributed by atoms with Crippen molar-refractivity contribution in [2.75, 3.05) is 0 Å². The Labute approximate surface area is 43.8 Å². The first-order valence-corrected chi connectivity index (χ1v) is 2.48. The fraction of sp³-hybridized carbons (Fsp3) is 0.333. The van der Waals surface area contributed by atoms with Gasteiger partial charge in [-0.1, -0.05) is 6.08 Å². The lowest BCUT2D eigenvalue weighted by Crippen LogP contribution is -1.70. The molecule has 1 aliphatic rings. The summed E-state index contributed by atoms with van der Waals surface area (Å²) in [5.74, 6) is 0. The van der Waals surface area contributed by atoms with Gasteiger partial charge in [-0.05, 0) is 19.3 Å². The van der Waals surface area contributed by atoms with Crippen molar-refractivity contribution in [2.45, 2.75) is 12.8 Å². The van der Waals surface area contributed by atoms with E-state index in [4.69, 9.17) is 0 Å². The molecule has 0 aromatic carbocycles. The molecule has 1 radical (unpaired) electrons. The van der Waals surface area contributed by atoms with Gasteiger partial charge in [0.05, 0.1) is 0 Å². The van der Waals surface area contributed by atoms with Crippen molar-refractivity contribution in [1.29, 1.82) is 0 Å². The average molecular weight is 94.1 g/mol. The van der Waals surface area contributed by atoms with Crippen molar-refractivity contribution in [2.24, 2.45) is 4.99 Å². The van der Waals surface area contributed by atoms with Gasteiger partial charge in [0.15, 0.2) is 0 Å². The van der Waals surface area contributed by atoms with Crippen LogP contribution in [-0.2, 0) is 0 Å². The van der Waals surface area contributed by atoms with E-state index in [1.807, 2.05) is 18.5 Å². The van der Waals surface area contributed by atoms with Crippen LogP contribution in [0, 0.1) is 6.42 Å². The van der Waals surface area contributed by atoms with Crippen LogP contribution in [0.4, 0.5) is 0 Å². The highest BCUT2D eigenvalue weighted by Crippen LogP contribution is 1.96. The van der Waals surface area contributed by atoms with E-state index in [-0.39, 0.29) is 0 Å². The Morgan fingerprint density at radius 2 is 2.29 bits per heavy atom. The predicted molar refractivity (Wildman–Crippen MR) is 31.2 cm³/mol. The predicted octanol–water partition coefficient (Wildman–Crippen LogP) is 1.57. The summed E-state index contributed by atoms with van der Waals surface area (Å²) in [6.07, 6.45) is 10.1. The molecule has 7 heavy (non-hydrogen) atoms. The first-order valence-electron chi connectivity index (χ1n) is 2.48. The molecule has 0 bridgehead atoms. The number of aliphatic imine (C=N–C) groups is 1. The van der Waals surface area contributed by atoms with E-state index in [9.17, 15) is 0 Å². The Bertz CT molecular complexity index is 80.4. The van der Waals surface area contributed by atoms with Gasteiger partial charge in [-0.15, -0.1) is 0 Å². The highest BCUT2D eigenvalue weighted by atomic mass is 14.7. The lowest BCUT2D eigenvalue weighted by Gasteiger charge is -1.79. The fourth-order valence-electron chi connectivity index (χ4n) is 0.510. The molecule has 0 aliphatic carbocycles. The van der Waals surface area contributed by atoms with E-state index in [2.05, 4.69) is 11.4 Å². The number of rotatable bonds is 0. The molecule has 0 fully saturated rings. The molecule has 1 heterocycles. The summed E-state index contributed by atoms with van der Waals surface area (Å²) < 4.78 is 0. The molecular formula is C6H8N. The van der Waals surface area contributed by atoms with E-state index < -0.39 is 0 Å². The van der Waals surface area contributed by atoms with Crippen molar-refractivity contribution in [1.82, 2.24) is 0 Å². The SMILES string of the molecule is [CH]1CC=CN=CC1. The van der Waals surface area contributed by atoms with Gasteiger partial charge >= 0.3 is 0 Å². The fourth-order valence-corrected chi connectivity index (χ4v) is 0.510. The molecule has 0 spiro atoms. The van der Waals surface area contributed by atoms with Crippen molar-refractivity contribution < 1.29 is 0 Å². The molecule has 0 atom stereocenters. The second-order valence-corrected chi connectivity index (χ2v) is 1.48. The van der Waals surface area contributed by atoms with Crippen LogP contribution in [0.3, 0.4) is 0 Å². The molecule has 0 amide bonds. The van der Waals surface area contributed by atoms with Crippen LogP contribution >= 0.6 is 0 Å². The van der Waals surface area contributed by atoms with Crippen LogP contribution in [0.25, 0.3) is 0 Å². The monoisotopic (exact) mass is 94.1 g/mol. The quantitative estimate of drug-likeness (QED) is 0.432. The Morgan fingerprint density at radius 3 is 3.29 bits per heavy atom. The summed E-state index contributed by atoms with van der Waals surface area (Å²) in [6.45, 7) is 0. The first kappa shape index (κ1) is 4.57. The molecule has 37 valence electrons. The molecule has 0 saturated heterocycles. The third-order valence-corrected chi connectivity index (χ3v) is 0.872. The van der Waals surface area contributed by atoms with Crippen molar-refractivity contribution in [3.8, 4) is 0 Å². The summed E-state index contributed by atoms with van der Waals surface area (Å²) in [5.41, 5.74) is 0. The summed E-state index contributed by atoms with van der Waals surface area (Å²) in [7, 11) is 0. The van der Waals surface area contributed by atoms with Gasteiger partial charge in [0.2, 0.25) is 0 Å². The zero-order valence-electron chi connectivity index (χ0n) is 4.17. The van der Waals surface area contributed by atoms with E-state index in [0.717, 1.165) is 12.8 Å². The lowest BCUT2D eigenvalue weighted by molar-refractivity contribution is 1.17. The third-order valence-electron chi connectivity index (χ3n) is 0.872. The lowest BCUT2D eigenvalue weighted by atomic mass is 10.3. The Balaban J connectivity index is 2.39. The van der Waals surface area contributed by atoms with Gasteiger partial charge in [0.25, 0.3) is 0 Å². The van der Waals surface area contributed by atoms with Gasteiger partial charge in [-0.25, -0.2) is 0 Å². The topological polar surface area (TPSA) is 12.4 Å². The second kappa shape index (κ2) is 2.56. The molecular weight excluding hydrogens is 86.1 g/mol. The molecule has 1 nitrogen and oxygen atoms in total. The van der Waals surface area contributed by atoms with Gasteiger partial charge in [0.1, 0.15) is 0 Å². The third kappa shape index (κ3) is 1.53. The minimum atomic E-state index is 1.02. The first-order chi connectivity index (χ1) is 3.50. The Hall–Kier alpha value is -0.590. The average Bonchev–Trinajstić information content (AvgIpc) is 1.90. The van der Waals surface area contributed by atoms with Gasteiger partial charge in [-0.3, -0.25) is 4.99 Å². The zero-order valence-corrected chi connectivity index (χ0v) is 4.17. The smallest absolute Gasteiger partial charge is 0.0224 e. The molecule has 0 aromatic rings. The van der Waals surface area contributed by atoms with Crippen LogP contribution in [0.15, 0.2) is 17.3 Å². The van der Waals surface area contributed by atoms with Gasteiger partial charge < -0.3 is 0 Å². The molecule has 1 rings (SSSR count). The van der Waals surface area contributed by atoms with E-state index in [1.54, 1.807) is 0 Å². The van der Waals surface area contributed by atoms with Gasteiger partial charge in [0, 0.05) is 12.4 Å². The second-order valence-electron chi connectivity index (χ2n) is 1.48. The van der Waals surface area contributed by atoms with Crippen LogP contribution in [0.2, 0.25) is 0 Å². The Kier molecular flexibility index (Phi) is 1.67. The molecule has 1 heteroatoms. The van der Waals surface area contributed by atoms with Crippen molar-refractivity contribution in [3.05, 3.63) is 18.7 Å². The maximum absolute atomic E-state index is 3.93. The van der Waals surface area contributed by atoms with Crippen LogP contribution in [0.5, 0.6) is 0 Å². The highest BCUT2D eigenvalue weighted by Gasteiger charge is 1.82. The van der Waals surface area contributed by atoms with Gasteiger partial charge in [-0.2, -0.15) is 0 Å². The summed E-state index contributed by atoms with van der Waals surface area (Å²) in [6, 6.07) is 0. The zero-order chi connectivity index (χ0) is 4.95. The maximum Gasteiger partial charge on any atom is 0.0224 e. The molecule has 1 aliphatic heterocycles. The minimum Gasteiger partial charge on any atom is -0.269 e. The van der Waals surface area contributed by atoms with E-state index in [0.29, 0.717) is 0 Å². The van der Waals surface area contributed by atoms with Crippen LogP contribution < -0.4 is 0 Å². The standard InChI is InChI=1S/C6H8N/c1-2-4-6-7-5-3-1/h1,4-6H,2-3H2. The largest absolute Gasteiger partial charge is 0.269 e. The van der Waals surface area contributed by atoms with Crippen LogP contribution in [0.1, 0.15) is 12.8 Å². The molecule has 0 aromatic heterocycles.